The second-order valence-corrected chi connectivity index (χ2v) is 8.49. The van der Waals surface area contributed by atoms with Crippen molar-refractivity contribution in [3.05, 3.63) is 77.9 Å². The highest BCUT2D eigenvalue weighted by Gasteiger charge is 2.33. The van der Waals surface area contributed by atoms with Gasteiger partial charge in [0.15, 0.2) is 0 Å². The van der Waals surface area contributed by atoms with Gasteiger partial charge in [0.2, 0.25) is 0 Å². The number of ether oxygens (including phenoxy) is 2. The predicted octanol–water partition coefficient (Wildman–Crippen LogP) is 3.71. The number of rotatable bonds is 8. The maximum Gasteiger partial charge on any atom is 0.146 e. The molecule has 1 saturated heterocycles. The van der Waals surface area contributed by atoms with Gasteiger partial charge in [-0.2, -0.15) is 0 Å². The van der Waals surface area contributed by atoms with Crippen LogP contribution in [0.2, 0.25) is 0 Å². The van der Waals surface area contributed by atoms with E-state index in [1.165, 1.54) is 11.1 Å². The Hall–Kier alpha value is -2.83. The Morgan fingerprint density at radius 1 is 0.968 bits per heavy atom. The quantitative estimate of drug-likeness (QED) is 0.601. The summed E-state index contributed by atoms with van der Waals surface area (Å²) in [5.74, 6) is 2.55. The largest absolute Gasteiger partial charge is 0.491 e. The van der Waals surface area contributed by atoms with Crippen LogP contribution < -0.4 is 9.47 Å². The molecule has 1 aliphatic heterocycles. The van der Waals surface area contributed by atoms with Crippen molar-refractivity contribution < 1.29 is 14.6 Å². The molecule has 0 amide bonds. The zero-order chi connectivity index (χ0) is 21.7. The standard InChI is InChI=1S/C25H31N3O3/c1-20-3-7-23(8-4-20)31-19-25(29)11-14-28(15-12-25)17-21-5-9-22(10-6-21)30-18-24-26-13-16-27(24)2/h3-10,13,16,29H,11-12,14-15,17-19H2,1-2H3. The van der Waals surface area contributed by atoms with Crippen molar-refractivity contribution in [1.29, 1.82) is 0 Å². The third kappa shape index (κ3) is 5.87. The van der Waals surface area contributed by atoms with Gasteiger partial charge in [-0.05, 0) is 49.6 Å². The number of benzene rings is 2. The molecule has 0 spiro atoms. The third-order valence-corrected chi connectivity index (χ3v) is 5.93. The Morgan fingerprint density at radius 3 is 2.26 bits per heavy atom. The highest BCUT2D eigenvalue weighted by molar-refractivity contribution is 5.28. The van der Waals surface area contributed by atoms with E-state index >= 15 is 0 Å². The van der Waals surface area contributed by atoms with Gasteiger partial charge in [0.25, 0.3) is 0 Å². The van der Waals surface area contributed by atoms with Crippen molar-refractivity contribution >= 4 is 0 Å². The summed E-state index contributed by atoms with van der Waals surface area (Å²) in [4.78, 5) is 6.65. The molecule has 6 nitrogen and oxygen atoms in total. The highest BCUT2D eigenvalue weighted by Crippen LogP contribution is 2.25. The summed E-state index contributed by atoms with van der Waals surface area (Å²) >= 11 is 0. The lowest BCUT2D eigenvalue weighted by molar-refractivity contribution is -0.0537. The van der Waals surface area contributed by atoms with Crippen LogP contribution in [0.3, 0.4) is 0 Å². The van der Waals surface area contributed by atoms with Crippen molar-refractivity contribution in [3.63, 3.8) is 0 Å². The molecule has 31 heavy (non-hydrogen) atoms. The topological polar surface area (TPSA) is 59.8 Å². The smallest absolute Gasteiger partial charge is 0.146 e. The Morgan fingerprint density at radius 2 is 1.61 bits per heavy atom. The molecule has 0 aliphatic carbocycles. The summed E-state index contributed by atoms with van der Waals surface area (Å²) in [6.07, 6.45) is 5.11. The minimum absolute atomic E-state index is 0.339. The van der Waals surface area contributed by atoms with Crippen molar-refractivity contribution in [2.75, 3.05) is 19.7 Å². The predicted molar refractivity (Wildman–Crippen MR) is 120 cm³/mol. The molecular formula is C25H31N3O3. The Labute approximate surface area is 184 Å². The highest BCUT2D eigenvalue weighted by atomic mass is 16.5. The van der Waals surface area contributed by atoms with E-state index in [0.29, 0.717) is 26.1 Å². The van der Waals surface area contributed by atoms with Gasteiger partial charge in [-0.15, -0.1) is 0 Å². The average molecular weight is 422 g/mol. The molecular weight excluding hydrogens is 390 g/mol. The van der Waals surface area contributed by atoms with Gasteiger partial charge in [-0.3, -0.25) is 4.90 Å². The SMILES string of the molecule is Cc1ccc(OCC2(O)CCN(Cc3ccc(OCc4nccn4C)cc3)CC2)cc1. The molecule has 1 aromatic heterocycles. The molecule has 1 N–H and O–H groups in total. The first-order valence-corrected chi connectivity index (χ1v) is 10.8. The second-order valence-electron chi connectivity index (χ2n) is 8.49. The number of aromatic nitrogens is 2. The number of aliphatic hydroxyl groups is 1. The number of hydrogen-bond donors (Lipinski definition) is 1. The van der Waals surface area contributed by atoms with Gasteiger partial charge in [0.05, 0.1) is 0 Å². The van der Waals surface area contributed by atoms with Crippen LogP contribution in [0.5, 0.6) is 11.5 Å². The normalized spacial score (nSPS) is 16.2. The maximum absolute atomic E-state index is 10.9. The van der Waals surface area contributed by atoms with Crippen LogP contribution >= 0.6 is 0 Å². The molecule has 2 heterocycles. The summed E-state index contributed by atoms with van der Waals surface area (Å²) in [5, 5.41) is 10.9. The Kier molecular flexibility index (Phi) is 6.59. The van der Waals surface area contributed by atoms with Crippen molar-refractivity contribution in [1.82, 2.24) is 14.5 Å². The molecule has 0 radical (unpaired) electrons. The molecule has 4 rings (SSSR count). The fraction of sp³-hybridized carbons (Fsp3) is 0.400. The zero-order valence-electron chi connectivity index (χ0n) is 18.3. The number of nitrogens with zero attached hydrogens (tertiary/aromatic N) is 3. The molecule has 1 aliphatic rings. The van der Waals surface area contributed by atoms with E-state index in [-0.39, 0.29) is 0 Å². The molecule has 3 aromatic rings. The minimum atomic E-state index is -0.760. The number of piperidine rings is 1. The number of imidazole rings is 1. The van der Waals surface area contributed by atoms with Crippen molar-refractivity contribution in [3.8, 4) is 11.5 Å². The van der Waals surface area contributed by atoms with Gasteiger partial charge >= 0.3 is 0 Å². The van der Waals surface area contributed by atoms with Crippen LogP contribution in [0.1, 0.15) is 29.8 Å². The van der Waals surface area contributed by atoms with Gasteiger partial charge < -0.3 is 19.1 Å². The lowest BCUT2D eigenvalue weighted by atomic mass is 9.92. The van der Waals surface area contributed by atoms with Crippen LogP contribution in [0.4, 0.5) is 0 Å². The second kappa shape index (κ2) is 9.54. The van der Waals surface area contributed by atoms with E-state index in [1.807, 2.05) is 54.2 Å². The fourth-order valence-electron chi connectivity index (χ4n) is 3.76. The summed E-state index contributed by atoms with van der Waals surface area (Å²) in [6, 6.07) is 16.2. The van der Waals surface area contributed by atoms with Crippen LogP contribution in [-0.2, 0) is 20.2 Å². The van der Waals surface area contributed by atoms with E-state index in [4.69, 9.17) is 9.47 Å². The maximum atomic E-state index is 10.9. The van der Waals surface area contributed by atoms with Gasteiger partial charge in [0, 0.05) is 39.1 Å². The number of likely N-dealkylation sites (tertiary alicyclic amines) is 1. The molecule has 0 saturated carbocycles. The lowest BCUT2D eigenvalue weighted by Crippen LogP contribution is -2.47. The first-order valence-electron chi connectivity index (χ1n) is 10.8. The molecule has 0 atom stereocenters. The Balaban J connectivity index is 1.22. The molecule has 6 heteroatoms. The lowest BCUT2D eigenvalue weighted by Gasteiger charge is -2.38. The third-order valence-electron chi connectivity index (χ3n) is 5.93. The molecule has 2 aromatic carbocycles. The van der Waals surface area contributed by atoms with Crippen LogP contribution in [0.15, 0.2) is 60.9 Å². The average Bonchev–Trinajstić information content (AvgIpc) is 3.19. The van der Waals surface area contributed by atoms with Crippen molar-refractivity contribution in [2.24, 2.45) is 7.05 Å². The van der Waals surface area contributed by atoms with Crippen LogP contribution in [-0.4, -0.2) is 44.9 Å². The van der Waals surface area contributed by atoms with Gasteiger partial charge in [-0.1, -0.05) is 29.8 Å². The van der Waals surface area contributed by atoms with E-state index in [1.54, 1.807) is 6.20 Å². The van der Waals surface area contributed by atoms with Crippen LogP contribution in [0, 0.1) is 6.92 Å². The molecule has 0 bridgehead atoms. The Bertz CT molecular complexity index is 958. The summed E-state index contributed by atoms with van der Waals surface area (Å²) < 4.78 is 13.6. The monoisotopic (exact) mass is 421 g/mol. The molecule has 1 fully saturated rings. The fourth-order valence-corrected chi connectivity index (χ4v) is 3.76. The molecule has 0 unspecified atom stereocenters. The van der Waals surface area contributed by atoms with Crippen LogP contribution in [0.25, 0.3) is 0 Å². The van der Waals surface area contributed by atoms with Gasteiger partial charge in [0.1, 0.15) is 36.1 Å². The minimum Gasteiger partial charge on any atom is -0.491 e. The van der Waals surface area contributed by atoms with E-state index in [2.05, 4.69) is 28.9 Å². The first-order chi connectivity index (χ1) is 15.0. The number of hydrogen-bond acceptors (Lipinski definition) is 5. The summed E-state index contributed by atoms with van der Waals surface area (Å²) in [5.41, 5.74) is 1.68. The first kappa shape index (κ1) is 21.4. The van der Waals surface area contributed by atoms with Crippen molar-refractivity contribution in [2.45, 2.75) is 38.5 Å². The van der Waals surface area contributed by atoms with E-state index < -0.39 is 5.60 Å². The molecule has 164 valence electrons. The summed E-state index contributed by atoms with van der Waals surface area (Å²) in [6.45, 7) is 5.42. The van der Waals surface area contributed by atoms with E-state index in [0.717, 1.165) is 37.0 Å². The zero-order valence-corrected chi connectivity index (χ0v) is 18.3. The van der Waals surface area contributed by atoms with E-state index in [9.17, 15) is 5.11 Å². The summed E-state index contributed by atoms with van der Waals surface area (Å²) in [7, 11) is 1.96. The van der Waals surface area contributed by atoms with Gasteiger partial charge in [-0.25, -0.2) is 4.98 Å². The number of aryl methyl sites for hydroxylation is 2.